The number of benzene rings is 2. The number of urea groups is 1. The average molecular weight is 378 g/mol. The quantitative estimate of drug-likeness (QED) is 0.650. The van der Waals surface area contributed by atoms with Crippen LogP contribution in [0.3, 0.4) is 0 Å². The summed E-state index contributed by atoms with van der Waals surface area (Å²) < 4.78 is 45.2. The van der Waals surface area contributed by atoms with Gasteiger partial charge in [0.15, 0.2) is 11.6 Å². The predicted octanol–water partition coefficient (Wildman–Crippen LogP) is 3.95. The van der Waals surface area contributed by atoms with E-state index in [0.717, 1.165) is 12.1 Å². The Balaban J connectivity index is 1.62. The van der Waals surface area contributed by atoms with E-state index in [4.69, 9.17) is 4.74 Å². The van der Waals surface area contributed by atoms with Crippen LogP contribution in [0.15, 0.2) is 42.5 Å². The number of halogens is 3. The van der Waals surface area contributed by atoms with Crippen molar-refractivity contribution in [2.45, 2.75) is 12.8 Å². The number of hydrogen-bond acceptors (Lipinski definition) is 3. The van der Waals surface area contributed by atoms with Gasteiger partial charge in [-0.25, -0.2) is 18.0 Å². The minimum absolute atomic E-state index is 0.0422. The second kappa shape index (κ2) is 8.11. The fraction of sp³-hybridized carbons (Fsp3) is 0.263. The van der Waals surface area contributed by atoms with Crippen molar-refractivity contribution in [3.05, 3.63) is 59.9 Å². The Morgan fingerprint density at radius 1 is 1.07 bits per heavy atom. The van der Waals surface area contributed by atoms with Gasteiger partial charge in [-0.1, -0.05) is 12.1 Å². The van der Waals surface area contributed by atoms with Crippen molar-refractivity contribution in [3.63, 3.8) is 0 Å². The second-order valence-corrected chi connectivity index (χ2v) is 6.19. The van der Waals surface area contributed by atoms with Crippen LogP contribution in [-0.4, -0.2) is 30.0 Å². The van der Waals surface area contributed by atoms with E-state index in [0.29, 0.717) is 25.5 Å². The Labute approximate surface area is 153 Å². The molecule has 0 unspecified atom stereocenters. The van der Waals surface area contributed by atoms with Crippen LogP contribution in [0.25, 0.3) is 0 Å². The summed E-state index contributed by atoms with van der Waals surface area (Å²) in [6.45, 7) is 0.455. The van der Waals surface area contributed by atoms with Gasteiger partial charge >= 0.3 is 12.0 Å². The first-order chi connectivity index (χ1) is 12.9. The molecule has 0 saturated carbocycles. The maximum atomic E-state index is 13.7. The molecule has 1 saturated heterocycles. The van der Waals surface area contributed by atoms with Gasteiger partial charge in [0.25, 0.3) is 0 Å². The first-order valence-corrected chi connectivity index (χ1v) is 8.41. The van der Waals surface area contributed by atoms with Gasteiger partial charge in [0.2, 0.25) is 0 Å². The largest absolute Gasteiger partial charge is 0.423 e. The first-order valence-electron chi connectivity index (χ1n) is 8.41. The smallest absolute Gasteiger partial charge is 0.321 e. The van der Waals surface area contributed by atoms with Crippen LogP contribution >= 0.6 is 0 Å². The van der Waals surface area contributed by atoms with Crippen LogP contribution in [0, 0.1) is 23.4 Å². The zero-order valence-electron chi connectivity index (χ0n) is 14.3. The Morgan fingerprint density at radius 3 is 2.59 bits per heavy atom. The average Bonchev–Trinajstić information content (AvgIpc) is 2.66. The molecule has 0 radical (unpaired) electrons. The van der Waals surface area contributed by atoms with Crippen molar-refractivity contribution in [1.82, 2.24) is 4.90 Å². The highest BCUT2D eigenvalue weighted by Gasteiger charge is 2.30. The summed E-state index contributed by atoms with van der Waals surface area (Å²) in [5.74, 6) is -4.05. The Bertz CT molecular complexity index is 860. The fourth-order valence-electron chi connectivity index (χ4n) is 2.86. The number of carbonyl (C=O) groups excluding carboxylic acids is 2. The molecule has 1 fully saturated rings. The SMILES string of the molecule is O=C(Oc1ccc(F)cc1F)[C@H]1CCCN(C(=O)Nc2ccccc2F)C1. The second-order valence-electron chi connectivity index (χ2n) is 6.19. The predicted molar refractivity (Wildman–Crippen MR) is 91.7 cm³/mol. The molecule has 1 aliphatic heterocycles. The van der Waals surface area contributed by atoms with Gasteiger partial charge in [0.1, 0.15) is 11.6 Å². The van der Waals surface area contributed by atoms with Crippen LogP contribution < -0.4 is 10.1 Å². The number of amides is 2. The molecule has 1 heterocycles. The van der Waals surface area contributed by atoms with Crippen molar-refractivity contribution in [2.24, 2.45) is 5.92 Å². The zero-order valence-corrected chi connectivity index (χ0v) is 14.3. The first kappa shape index (κ1) is 18.8. The molecule has 2 aromatic carbocycles. The van der Waals surface area contributed by atoms with Crippen LogP contribution in [0.4, 0.5) is 23.7 Å². The number of likely N-dealkylation sites (tertiary alicyclic amines) is 1. The van der Waals surface area contributed by atoms with E-state index in [1.54, 1.807) is 6.07 Å². The van der Waals surface area contributed by atoms with E-state index < -0.39 is 35.4 Å². The third-order valence-corrected chi connectivity index (χ3v) is 4.26. The van der Waals surface area contributed by atoms with Crippen molar-refractivity contribution in [2.75, 3.05) is 18.4 Å². The number of nitrogens with one attached hydrogen (secondary N) is 1. The van der Waals surface area contributed by atoms with Crippen molar-refractivity contribution in [1.29, 1.82) is 0 Å². The van der Waals surface area contributed by atoms with Crippen molar-refractivity contribution < 1.29 is 27.5 Å². The molecule has 0 aromatic heterocycles. The number of esters is 1. The van der Waals surface area contributed by atoms with Crippen LogP contribution in [0.2, 0.25) is 0 Å². The van der Waals surface area contributed by atoms with E-state index in [1.807, 2.05) is 0 Å². The molecule has 1 N–H and O–H groups in total. The summed E-state index contributed by atoms with van der Waals surface area (Å²) in [6.07, 6.45) is 1.00. The molecule has 142 valence electrons. The molecule has 0 bridgehead atoms. The molecule has 8 heteroatoms. The van der Waals surface area contributed by atoms with Gasteiger partial charge in [-0.15, -0.1) is 0 Å². The van der Waals surface area contributed by atoms with E-state index in [9.17, 15) is 22.8 Å². The number of hydrogen-bond donors (Lipinski definition) is 1. The summed E-state index contributed by atoms with van der Waals surface area (Å²) >= 11 is 0. The van der Waals surface area contributed by atoms with Crippen LogP contribution in [-0.2, 0) is 4.79 Å². The van der Waals surface area contributed by atoms with Gasteiger partial charge in [0.05, 0.1) is 11.6 Å². The highest BCUT2D eigenvalue weighted by molar-refractivity contribution is 5.90. The topological polar surface area (TPSA) is 58.6 Å². The Morgan fingerprint density at radius 2 is 1.85 bits per heavy atom. The minimum atomic E-state index is -0.978. The number of carbonyl (C=O) groups is 2. The molecule has 0 spiro atoms. The molecule has 0 aliphatic carbocycles. The highest BCUT2D eigenvalue weighted by Crippen LogP contribution is 2.23. The summed E-state index contributed by atoms with van der Waals surface area (Å²) in [7, 11) is 0. The fourth-order valence-corrected chi connectivity index (χ4v) is 2.86. The molecule has 3 rings (SSSR count). The minimum Gasteiger partial charge on any atom is -0.423 e. The normalized spacial score (nSPS) is 16.7. The highest BCUT2D eigenvalue weighted by atomic mass is 19.1. The lowest BCUT2D eigenvalue weighted by Crippen LogP contribution is -2.45. The summed E-state index contributed by atoms with van der Waals surface area (Å²) in [5.41, 5.74) is 0.0422. The molecular weight excluding hydrogens is 361 g/mol. The van der Waals surface area contributed by atoms with E-state index in [1.165, 1.54) is 23.1 Å². The summed E-state index contributed by atoms with van der Waals surface area (Å²) in [6, 6.07) is 7.86. The Hall–Kier alpha value is -3.03. The van der Waals surface area contributed by atoms with Crippen molar-refractivity contribution >= 4 is 17.7 Å². The third kappa shape index (κ3) is 4.58. The lowest BCUT2D eigenvalue weighted by atomic mass is 9.98. The van der Waals surface area contributed by atoms with Crippen LogP contribution in [0.1, 0.15) is 12.8 Å². The molecule has 1 atom stereocenters. The van der Waals surface area contributed by atoms with Gasteiger partial charge in [-0.05, 0) is 37.1 Å². The van der Waals surface area contributed by atoms with Gasteiger partial charge in [0, 0.05) is 19.2 Å². The van der Waals surface area contributed by atoms with Crippen LogP contribution in [0.5, 0.6) is 5.75 Å². The number of nitrogens with zero attached hydrogens (tertiary/aromatic N) is 1. The van der Waals surface area contributed by atoms with Crippen molar-refractivity contribution in [3.8, 4) is 5.75 Å². The molecule has 5 nitrogen and oxygen atoms in total. The zero-order chi connectivity index (χ0) is 19.4. The maximum absolute atomic E-state index is 13.7. The van der Waals surface area contributed by atoms with E-state index >= 15 is 0 Å². The molecule has 1 aliphatic rings. The number of rotatable bonds is 3. The monoisotopic (exact) mass is 378 g/mol. The lowest BCUT2D eigenvalue weighted by molar-refractivity contribution is -0.140. The standard InChI is InChI=1S/C19H17F3N2O3/c20-13-7-8-17(15(22)10-13)27-18(25)12-4-3-9-24(11-12)19(26)23-16-6-2-1-5-14(16)21/h1-2,5-8,10,12H,3-4,9,11H2,(H,23,26)/t12-/m0/s1. The number of para-hydroxylation sites is 1. The van der Waals surface area contributed by atoms with E-state index in [-0.39, 0.29) is 18.0 Å². The molecule has 2 aromatic rings. The maximum Gasteiger partial charge on any atom is 0.321 e. The van der Waals surface area contributed by atoms with Gasteiger partial charge in [-0.3, -0.25) is 4.79 Å². The number of ether oxygens (including phenoxy) is 1. The van der Waals surface area contributed by atoms with Gasteiger partial charge in [-0.2, -0.15) is 0 Å². The molecule has 27 heavy (non-hydrogen) atoms. The third-order valence-electron chi connectivity index (χ3n) is 4.26. The number of anilines is 1. The molecular formula is C19H17F3N2O3. The van der Waals surface area contributed by atoms with E-state index in [2.05, 4.69) is 5.32 Å². The summed E-state index contributed by atoms with van der Waals surface area (Å²) in [4.78, 5) is 26.0. The number of piperidine rings is 1. The van der Waals surface area contributed by atoms with Gasteiger partial charge < -0.3 is 15.0 Å². The Kier molecular flexibility index (Phi) is 5.63. The summed E-state index contributed by atoms with van der Waals surface area (Å²) in [5, 5.41) is 2.46. The lowest BCUT2D eigenvalue weighted by Gasteiger charge is -2.31. The molecule has 2 amide bonds.